The molecule has 2 amide bonds. The van der Waals surface area contributed by atoms with Crippen LogP contribution in [0.4, 0.5) is 5.69 Å². The number of carboxylic acids is 1. The minimum Gasteiger partial charge on any atom is -0.545 e. The normalized spacial score (nSPS) is 10.4. The summed E-state index contributed by atoms with van der Waals surface area (Å²) < 4.78 is 10.3. The number of amides is 2. The highest BCUT2D eigenvalue weighted by molar-refractivity contribution is 6.39. The van der Waals surface area contributed by atoms with Gasteiger partial charge in [-0.2, -0.15) is 5.10 Å². The minimum absolute atomic E-state index is 0.133. The Labute approximate surface area is 161 Å². The number of para-hydroxylation sites is 2. The predicted molar refractivity (Wildman–Crippen MR) is 99.3 cm³/mol. The van der Waals surface area contributed by atoms with Crippen molar-refractivity contribution in [3.05, 3.63) is 53.6 Å². The van der Waals surface area contributed by atoms with Gasteiger partial charge in [-0.1, -0.05) is 12.1 Å². The second-order valence-electron chi connectivity index (χ2n) is 5.33. The van der Waals surface area contributed by atoms with Crippen LogP contribution in [-0.4, -0.2) is 37.7 Å². The Hall–Kier alpha value is -3.88. The molecule has 146 valence electrons. The van der Waals surface area contributed by atoms with Crippen LogP contribution >= 0.6 is 0 Å². The first-order valence-electron chi connectivity index (χ1n) is 8.21. The quantitative estimate of drug-likeness (QED) is 0.407. The van der Waals surface area contributed by atoms with Crippen LogP contribution < -0.4 is 25.3 Å². The molecule has 0 saturated carbocycles. The van der Waals surface area contributed by atoms with Crippen LogP contribution in [0.1, 0.15) is 22.8 Å². The largest absolute Gasteiger partial charge is 0.545 e. The van der Waals surface area contributed by atoms with Gasteiger partial charge in [0.15, 0.2) is 0 Å². The molecule has 0 bridgehead atoms. The van der Waals surface area contributed by atoms with E-state index in [1.165, 1.54) is 31.5 Å². The summed E-state index contributed by atoms with van der Waals surface area (Å²) in [5.74, 6) is -2.79. The zero-order chi connectivity index (χ0) is 20.5. The van der Waals surface area contributed by atoms with Crippen LogP contribution in [0.5, 0.6) is 11.5 Å². The number of aromatic carboxylic acids is 1. The molecule has 0 spiro atoms. The maximum Gasteiger partial charge on any atom is 0.329 e. The molecule has 2 rings (SSSR count). The number of ether oxygens (including phenoxy) is 2. The highest BCUT2D eigenvalue weighted by Crippen LogP contribution is 2.23. The van der Waals surface area contributed by atoms with E-state index in [1.807, 2.05) is 0 Å². The number of nitrogens with one attached hydrogen (secondary N) is 2. The number of hydrogen-bond donors (Lipinski definition) is 2. The van der Waals surface area contributed by atoms with Crippen molar-refractivity contribution in [3.63, 3.8) is 0 Å². The van der Waals surface area contributed by atoms with Crippen LogP contribution in [0.2, 0.25) is 0 Å². The van der Waals surface area contributed by atoms with E-state index in [9.17, 15) is 19.5 Å². The Morgan fingerprint density at radius 3 is 2.54 bits per heavy atom. The summed E-state index contributed by atoms with van der Waals surface area (Å²) in [6.45, 7) is 2.20. The number of hydrazone groups is 1. The van der Waals surface area contributed by atoms with Crippen molar-refractivity contribution >= 4 is 29.7 Å². The average Bonchev–Trinajstić information content (AvgIpc) is 2.69. The second kappa shape index (κ2) is 9.72. The highest BCUT2D eigenvalue weighted by Gasteiger charge is 2.15. The molecule has 0 aromatic heterocycles. The Morgan fingerprint density at radius 2 is 1.86 bits per heavy atom. The zero-order valence-corrected chi connectivity index (χ0v) is 15.2. The molecule has 0 fully saturated rings. The summed E-state index contributed by atoms with van der Waals surface area (Å²) in [6.07, 6.45) is 1.19. The maximum absolute atomic E-state index is 12.0. The lowest BCUT2D eigenvalue weighted by molar-refractivity contribution is -0.255. The molecule has 0 heterocycles. The molecule has 0 aliphatic heterocycles. The number of rotatable bonds is 7. The Kier molecular flexibility index (Phi) is 7.09. The van der Waals surface area contributed by atoms with E-state index in [-0.39, 0.29) is 11.3 Å². The van der Waals surface area contributed by atoms with Gasteiger partial charge in [0.05, 0.1) is 31.6 Å². The first-order chi connectivity index (χ1) is 13.5. The summed E-state index contributed by atoms with van der Waals surface area (Å²) in [5.41, 5.74) is 2.61. The van der Waals surface area contributed by atoms with Crippen molar-refractivity contribution in [1.82, 2.24) is 5.43 Å². The van der Waals surface area contributed by atoms with Gasteiger partial charge < -0.3 is 24.7 Å². The SMILES string of the molecule is CCOc1ccccc1NC(=O)C(=O)N/N=C\c1ccc(OC)c(C(=O)[O-])c1. The van der Waals surface area contributed by atoms with Gasteiger partial charge in [0.2, 0.25) is 0 Å². The minimum atomic E-state index is -1.41. The van der Waals surface area contributed by atoms with Gasteiger partial charge in [-0.05, 0) is 42.8 Å². The number of anilines is 1. The van der Waals surface area contributed by atoms with Crippen molar-refractivity contribution in [2.75, 3.05) is 19.0 Å². The summed E-state index contributed by atoms with van der Waals surface area (Å²) in [7, 11) is 1.33. The number of carboxylic acid groups (broad SMARTS) is 1. The van der Waals surface area contributed by atoms with E-state index < -0.39 is 17.8 Å². The summed E-state index contributed by atoms with van der Waals surface area (Å²) >= 11 is 0. The fraction of sp³-hybridized carbons (Fsp3) is 0.158. The number of benzene rings is 2. The molecule has 2 aromatic carbocycles. The maximum atomic E-state index is 12.0. The lowest BCUT2D eigenvalue weighted by atomic mass is 10.1. The molecule has 0 aliphatic carbocycles. The number of carbonyl (C=O) groups is 3. The number of nitrogens with zero attached hydrogens (tertiary/aromatic N) is 1. The molecule has 0 unspecified atom stereocenters. The van der Waals surface area contributed by atoms with Crippen molar-refractivity contribution < 1.29 is 29.0 Å². The molecule has 0 radical (unpaired) electrons. The molecule has 9 heteroatoms. The number of carbonyl (C=O) groups excluding carboxylic acids is 3. The predicted octanol–water partition coefficient (Wildman–Crippen LogP) is 0.546. The van der Waals surface area contributed by atoms with Crippen molar-refractivity contribution in [2.24, 2.45) is 5.10 Å². The lowest BCUT2D eigenvalue weighted by Crippen LogP contribution is -2.32. The topological polar surface area (TPSA) is 129 Å². The third-order valence-corrected chi connectivity index (χ3v) is 3.46. The standard InChI is InChI=1S/C19H19N3O6/c1-3-28-16-7-5-4-6-14(16)21-17(23)18(24)22-20-11-12-8-9-15(27-2)13(10-12)19(25)26/h4-11H,3H2,1-2H3,(H,21,23)(H,22,24)(H,25,26)/p-1/b20-11-. The Morgan fingerprint density at radius 1 is 1.11 bits per heavy atom. The monoisotopic (exact) mass is 384 g/mol. The van der Waals surface area contributed by atoms with Crippen LogP contribution in [0.3, 0.4) is 0 Å². The molecular formula is C19H18N3O6-. The molecule has 0 aliphatic rings. The van der Waals surface area contributed by atoms with Gasteiger partial charge in [0, 0.05) is 5.56 Å². The fourth-order valence-corrected chi connectivity index (χ4v) is 2.21. The highest BCUT2D eigenvalue weighted by atomic mass is 16.5. The van der Waals surface area contributed by atoms with E-state index in [0.29, 0.717) is 23.6 Å². The smallest absolute Gasteiger partial charge is 0.329 e. The summed E-state index contributed by atoms with van der Waals surface area (Å²) in [5, 5.41) is 17.2. The van der Waals surface area contributed by atoms with Gasteiger partial charge in [0.25, 0.3) is 0 Å². The molecule has 0 atom stereocenters. The van der Waals surface area contributed by atoms with Crippen LogP contribution in [0, 0.1) is 0 Å². The third-order valence-electron chi connectivity index (χ3n) is 3.46. The van der Waals surface area contributed by atoms with E-state index >= 15 is 0 Å². The first kappa shape index (κ1) is 20.4. The third kappa shape index (κ3) is 5.31. The van der Waals surface area contributed by atoms with E-state index in [2.05, 4.69) is 15.8 Å². The summed E-state index contributed by atoms with van der Waals surface area (Å²) in [6, 6.07) is 10.9. The molecule has 2 N–H and O–H groups in total. The van der Waals surface area contributed by atoms with Crippen LogP contribution in [0.15, 0.2) is 47.6 Å². The molecule has 28 heavy (non-hydrogen) atoms. The molecule has 0 saturated heterocycles. The van der Waals surface area contributed by atoms with Crippen molar-refractivity contribution in [1.29, 1.82) is 0 Å². The van der Waals surface area contributed by atoms with Crippen molar-refractivity contribution in [3.8, 4) is 11.5 Å². The molecular weight excluding hydrogens is 366 g/mol. The fourth-order valence-electron chi connectivity index (χ4n) is 2.21. The van der Waals surface area contributed by atoms with Gasteiger partial charge in [0.1, 0.15) is 11.5 Å². The zero-order valence-electron chi connectivity index (χ0n) is 15.2. The van der Waals surface area contributed by atoms with Gasteiger partial charge in [-0.15, -0.1) is 0 Å². The Bertz CT molecular complexity index is 910. The van der Waals surface area contributed by atoms with Gasteiger partial charge >= 0.3 is 11.8 Å². The van der Waals surface area contributed by atoms with Crippen LogP contribution in [-0.2, 0) is 9.59 Å². The van der Waals surface area contributed by atoms with Crippen molar-refractivity contribution in [2.45, 2.75) is 6.92 Å². The van der Waals surface area contributed by atoms with Gasteiger partial charge in [-0.25, -0.2) is 5.43 Å². The second-order valence-corrected chi connectivity index (χ2v) is 5.33. The molecule has 2 aromatic rings. The molecule has 9 nitrogen and oxygen atoms in total. The van der Waals surface area contributed by atoms with E-state index in [0.717, 1.165) is 0 Å². The summed E-state index contributed by atoms with van der Waals surface area (Å²) in [4.78, 5) is 34.9. The number of methoxy groups -OCH3 is 1. The van der Waals surface area contributed by atoms with E-state index in [4.69, 9.17) is 9.47 Å². The Balaban J connectivity index is 2.01. The lowest BCUT2D eigenvalue weighted by Gasteiger charge is -2.10. The van der Waals surface area contributed by atoms with E-state index in [1.54, 1.807) is 31.2 Å². The van der Waals surface area contributed by atoms with Gasteiger partial charge in [-0.3, -0.25) is 9.59 Å². The first-order valence-corrected chi connectivity index (χ1v) is 8.21. The number of hydrogen-bond acceptors (Lipinski definition) is 7. The average molecular weight is 384 g/mol. The van der Waals surface area contributed by atoms with Crippen LogP contribution in [0.25, 0.3) is 0 Å².